The van der Waals surface area contributed by atoms with E-state index in [-0.39, 0.29) is 5.54 Å². The highest BCUT2D eigenvalue weighted by atomic mass is 15.0. The van der Waals surface area contributed by atoms with E-state index in [1.165, 1.54) is 16.5 Å². The van der Waals surface area contributed by atoms with Crippen LogP contribution >= 0.6 is 0 Å². The molecule has 0 radical (unpaired) electrons. The lowest BCUT2D eigenvalue weighted by Gasteiger charge is -2.25. The van der Waals surface area contributed by atoms with Gasteiger partial charge >= 0.3 is 0 Å². The van der Waals surface area contributed by atoms with Crippen LogP contribution in [0.15, 0.2) is 30.5 Å². The number of nitrogens with one attached hydrogen (secondary N) is 1. The van der Waals surface area contributed by atoms with Crippen LogP contribution in [0, 0.1) is 0 Å². The Morgan fingerprint density at radius 1 is 1.26 bits per heavy atom. The van der Waals surface area contributed by atoms with Crippen molar-refractivity contribution in [1.82, 2.24) is 9.88 Å². The molecule has 3 heteroatoms. The Kier molecular flexibility index (Phi) is 4.27. The topological polar surface area (TPSA) is 43.0 Å². The number of nitrogens with zero attached hydrogens (tertiary/aromatic N) is 1. The van der Waals surface area contributed by atoms with Crippen LogP contribution in [0.3, 0.4) is 0 Å². The molecule has 0 spiro atoms. The van der Waals surface area contributed by atoms with Gasteiger partial charge in [-0.25, -0.2) is 0 Å². The largest absolute Gasteiger partial charge is 0.350 e. The summed E-state index contributed by atoms with van der Waals surface area (Å²) in [5.41, 5.74) is 8.47. The van der Waals surface area contributed by atoms with E-state index < -0.39 is 0 Å². The molecule has 2 aromatic rings. The second-order valence-corrected chi connectivity index (χ2v) is 5.88. The lowest BCUT2D eigenvalue weighted by molar-refractivity contribution is 0.370. The highest BCUT2D eigenvalue weighted by Gasteiger charge is 2.15. The summed E-state index contributed by atoms with van der Waals surface area (Å²) in [5.74, 6) is 0. The van der Waals surface area contributed by atoms with Crippen LogP contribution in [-0.4, -0.2) is 23.2 Å². The molecule has 3 nitrogen and oxygen atoms in total. The summed E-state index contributed by atoms with van der Waals surface area (Å²) >= 11 is 0. The number of fused-ring (bicyclic) bond motifs is 1. The Labute approximate surface area is 115 Å². The van der Waals surface area contributed by atoms with E-state index in [0.29, 0.717) is 0 Å². The first kappa shape index (κ1) is 14.1. The van der Waals surface area contributed by atoms with Gasteiger partial charge in [0.25, 0.3) is 0 Å². The molecule has 0 saturated carbocycles. The Bertz CT molecular complexity index is 540. The van der Waals surface area contributed by atoms with Crippen LogP contribution in [0.5, 0.6) is 0 Å². The molecule has 0 amide bonds. The number of para-hydroxylation sites is 1. The third-order valence-corrected chi connectivity index (χ3v) is 3.75. The van der Waals surface area contributed by atoms with Crippen LogP contribution in [0.1, 0.15) is 25.8 Å². The van der Waals surface area contributed by atoms with E-state index >= 15 is 0 Å². The van der Waals surface area contributed by atoms with Crippen molar-refractivity contribution in [3.8, 4) is 0 Å². The van der Waals surface area contributed by atoms with Gasteiger partial charge in [0.1, 0.15) is 0 Å². The molecular formula is C16H25N3. The molecule has 0 fully saturated rings. The summed E-state index contributed by atoms with van der Waals surface area (Å²) in [6, 6.07) is 8.58. The number of hydrogen-bond donors (Lipinski definition) is 2. The minimum absolute atomic E-state index is 0.124. The van der Waals surface area contributed by atoms with Crippen molar-refractivity contribution in [1.29, 1.82) is 0 Å². The van der Waals surface area contributed by atoms with Gasteiger partial charge in [-0.15, -0.1) is 0 Å². The van der Waals surface area contributed by atoms with Gasteiger partial charge in [-0.2, -0.15) is 0 Å². The lowest BCUT2D eigenvalue weighted by Crippen LogP contribution is -2.41. The molecule has 0 aliphatic rings. The molecule has 104 valence electrons. The van der Waals surface area contributed by atoms with E-state index in [1.54, 1.807) is 0 Å². The van der Waals surface area contributed by atoms with E-state index in [0.717, 1.165) is 25.9 Å². The van der Waals surface area contributed by atoms with Crippen LogP contribution in [-0.2, 0) is 13.5 Å². The van der Waals surface area contributed by atoms with E-state index in [4.69, 9.17) is 5.73 Å². The van der Waals surface area contributed by atoms with Crippen molar-refractivity contribution in [2.75, 3.05) is 13.1 Å². The zero-order chi connectivity index (χ0) is 13.9. The maximum absolute atomic E-state index is 5.63. The van der Waals surface area contributed by atoms with Gasteiger partial charge in [0, 0.05) is 29.7 Å². The summed E-state index contributed by atoms with van der Waals surface area (Å²) < 4.78 is 2.20. The number of benzene rings is 1. The summed E-state index contributed by atoms with van der Waals surface area (Å²) in [4.78, 5) is 0. The Morgan fingerprint density at radius 3 is 2.74 bits per heavy atom. The zero-order valence-electron chi connectivity index (χ0n) is 12.2. The molecule has 2 rings (SSSR count). The van der Waals surface area contributed by atoms with Crippen LogP contribution < -0.4 is 11.1 Å². The lowest BCUT2D eigenvalue weighted by atomic mass is 10.0. The Balaban J connectivity index is 2.03. The highest BCUT2D eigenvalue weighted by Crippen LogP contribution is 2.20. The fraction of sp³-hybridized carbons (Fsp3) is 0.500. The predicted octanol–water partition coefficient (Wildman–Crippen LogP) is 2.44. The quantitative estimate of drug-likeness (QED) is 0.837. The minimum atomic E-state index is 0.124. The van der Waals surface area contributed by atoms with Gasteiger partial charge in [-0.05, 0) is 51.4 Å². The molecule has 1 aromatic carbocycles. The molecule has 0 aliphatic heterocycles. The first-order chi connectivity index (χ1) is 9.03. The van der Waals surface area contributed by atoms with Gasteiger partial charge in [-0.3, -0.25) is 0 Å². The first-order valence-electron chi connectivity index (χ1n) is 7.01. The van der Waals surface area contributed by atoms with Crippen LogP contribution in [0.4, 0.5) is 0 Å². The Morgan fingerprint density at radius 2 is 2.00 bits per heavy atom. The van der Waals surface area contributed by atoms with Crippen molar-refractivity contribution >= 4 is 10.9 Å². The molecule has 0 saturated heterocycles. The van der Waals surface area contributed by atoms with Gasteiger partial charge < -0.3 is 15.6 Å². The van der Waals surface area contributed by atoms with E-state index in [2.05, 4.69) is 61.2 Å². The number of rotatable bonds is 6. The highest BCUT2D eigenvalue weighted by molar-refractivity contribution is 5.83. The van der Waals surface area contributed by atoms with Gasteiger partial charge in [0.2, 0.25) is 0 Å². The Hall–Kier alpha value is -1.32. The third-order valence-electron chi connectivity index (χ3n) is 3.75. The average Bonchev–Trinajstić information content (AvgIpc) is 2.67. The molecule has 0 aliphatic carbocycles. The standard InChI is InChI=1S/C16H25N3/c1-16(2,9-10-17)18-11-8-13-12-19(3)15-7-5-4-6-14(13)15/h4-7,12,18H,8-11,17H2,1-3H3. The monoisotopic (exact) mass is 259 g/mol. The summed E-state index contributed by atoms with van der Waals surface area (Å²) in [5, 5.41) is 4.96. The van der Waals surface area contributed by atoms with Crippen LogP contribution in [0.25, 0.3) is 10.9 Å². The fourth-order valence-electron chi connectivity index (χ4n) is 2.61. The third kappa shape index (κ3) is 3.37. The van der Waals surface area contributed by atoms with Gasteiger partial charge in [0.15, 0.2) is 0 Å². The molecule has 0 unspecified atom stereocenters. The number of nitrogens with two attached hydrogens (primary N) is 1. The smallest absolute Gasteiger partial charge is 0.0480 e. The molecule has 0 atom stereocenters. The molecule has 19 heavy (non-hydrogen) atoms. The summed E-state index contributed by atoms with van der Waals surface area (Å²) in [6.45, 7) is 6.14. The zero-order valence-corrected chi connectivity index (χ0v) is 12.2. The van der Waals surface area contributed by atoms with Crippen LogP contribution in [0.2, 0.25) is 0 Å². The fourth-order valence-corrected chi connectivity index (χ4v) is 2.61. The number of hydrogen-bond acceptors (Lipinski definition) is 2. The summed E-state index contributed by atoms with van der Waals surface area (Å²) in [6.07, 6.45) is 4.29. The van der Waals surface area contributed by atoms with Crippen molar-refractivity contribution in [2.24, 2.45) is 12.8 Å². The molecule has 1 aromatic heterocycles. The average molecular weight is 259 g/mol. The van der Waals surface area contributed by atoms with Gasteiger partial charge in [-0.1, -0.05) is 18.2 Å². The van der Waals surface area contributed by atoms with Crippen molar-refractivity contribution < 1.29 is 0 Å². The van der Waals surface area contributed by atoms with Crippen molar-refractivity contribution in [3.63, 3.8) is 0 Å². The van der Waals surface area contributed by atoms with E-state index in [9.17, 15) is 0 Å². The second-order valence-electron chi connectivity index (χ2n) is 5.88. The maximum atomic E-state index is 5.63. The van der Waals surface area contributed by atoms with Crippen molar-refractivity contribution in [2.45, 2.75) is 32.2 Å². The predicted molar refractivity (Wildman–Crippen MR) is 82.4 cm³/mol. The SMILES string of the molecule is Cn1cc(CCNC(C)(C)CCN)c2ccccc21. The molecule has 1 heterocycles. The molecule has 3 N–H and O–H groups in total. The normalized spacial score (nSPS) is 12.2. The van der Waals surface area contributed by atoms with Crippen molar-refractivity contribution in [3.05, 3.63) is 36.0 Å². The molecular weight excluding hydrogens is 234 g/mol. The minimum Gasteiger partial charge on any atom is -0.350 e. The maximum Gasteiger partial charge on any atom is 0.0480 e. The van der Waals surface area contributed by atoms with Gasteiger partial charge in [0.05, 0.1) is 0 Å². The summed E-state index contributed by atoms with van der Waals surface area (Å²) in [7, 11) is 2.11. The number of aryl methyl sites for hydroxylation is 1. The number of aromatic nitrogens is 1. The first-order valence-corrected chi connectivity index (χ1v) is 7.01. The van der Waals surface area contributed by atoms with E-state index in [1.807, 2.05) is 0 Å². The second kappa shape index (κ2) is 5.76. The molecule has 0 bridgehead atoms.